The van der Waals surface area contributed by atoms with Crippen LogP contribution < -0.4 is 15.0 Å². The van der Waals surface area contributed by atoms with Gasteiger partial charge < -0.3 is 34.5 Å². The van der Waals surface area contributed by atoms with Crippen molar-refractivity contribution in [2.24, 2.45) is 7.05 Å². The van der Waals surface area contributed by atoms with Gasteiger partial charge in [0.15, 0.2) is 5.82 Å². The van der Waals surface area contributed by atoms with Gasteiger partial charge in [-0.15, -0.1) is 0 Å². The molecule has 7 rings (SSSR count). The predicted molar refractivity (Wildman–Crippen MR) is 176 cm³/mol. The van der Waals surface area contributed by atoms with Crippen LogP contribution in [0.1, 0.15) is 0 Å². The van der Waals surface area contributed by atoms with Gasteiger partial charge in [0.2, 0.25) is 5.95 Å². The summed E-state index contributed by atoms with van der Waals surface area (Å²) in [6, 6.07) is 11.6. The van der Waals surface area contributed by atoms with Crippen molar-refractivity contribution in [1.29, 1.82) is 0 Å². The van der Waals surface area contributed by atoms with E-state index < -0.39 is 24.3 Å². The average Bonchev–Trinajstić information content (AvgIpc) is 3.48. The Morgan fingerprint density at radius 3 is 2.34 bits per heavy atom. The topological polar surface area (TPSA) is 181 Å². The van der Waals surface area contributed by atoms with Crippen LogP contribution >= 0.6 is 11.6 Å². The maximum Gasteiger partial charge on any atom is 0.490 e. The minimum Gasteiger partial charge on any atom is -0.475 e. The SMILES string of the molecule is Cn1cnc2cc(Oc3ccc(Nc4ncnc5cnc(N6CCN7CCOC[C@@H]7C6)nc45)cc3Cl)ccc21.O=C(O)C(F)(F)F.O=C(O)C(F)(F)F. The zero-order valence-electron chi connectivity index (χ0n) is 27.3. The molecular weight excluding hydrogens is 744 g/mol. The number of anilines is 3. The molecule has 1 atom stereocenters. The highest BCUT2D eigenvalue weighted by Crippen LogP contribution is 2.34. The predicted octanol–water partition coefficient (Wildman–Crippen LogP) is 5.28. The third-order valence-corrected chi connectivity index (χ3v) is 7.98. The number of morpholine rings is 1. The number of aliphatic carboxylic acids is 2. The largest absolute Gasteiger partial charge is 0.490 e. The van der Waals surface area contributed by atoms with Gasteiger partial charge in [0.25, 0.3) is 0 Å². The first kappa shape index (κ1) is 38.7. The number of halogens is 7. The van der Waals surface area contributed by atoms with E-state index in [1.165, 1.54) is 6.33 Å². The molecule has 2 fully saturated rings. The van der Waals surface area contributed by atoms with Crippen LogP contribution in [0.25, 0.3) is 22.1 Å². The maximum absolute atomic E-state index is 10.6. The zero-order valence-corrected chi connectivity index (χ0v) is 28.0. The molecule has 3 N–H and O–H groups in total. The molecule has 15 nitrogen and oxygen atoms in total. The molecule has 0 aliphatic carbocycles. The highest BCUT2D eigenvalue weighted by molar-refractivity contribution is 6.32. The van der Waals surface area contributed by atoms with Crippen LogP contribution in [0.3, 0.4) is 0 Å². The maximum atomic E-state index is 10.6. The normalized spacial score (nSPS) is 16.2. The van der Waals surface area contributed by atoms with Crippen molar-refractivity contribution in [1.82, 2.24) is 34.4 Å². The molecule has 5 aromatic rings. The van der Waals surface area contributed by atoms with Gasteiger partial charge in [0, 0.05) is 45.0 Å². The Morgan fingerprint density at radius 2 is 1.66 bits per heavy atom. The fourth-order valence-corrected chi connectivity index (χ4v) is 5.34. The van der Waals surface area contributed by atoms with E-state index in [0.29, 0.717) is 45.4 Å². The molecule has 2 aromatic carbocycles. The number of nitrogens with zero attached hydrogens (tertiary/aromatic N) is 8. The number of carboxylic acid groups (broad SMARTS) is 2. The second-order valence-electron chi connectivity index (χ2n) is 11.3. The van der Waals surface area contributed by atoms with Crippen LogP contribution in [-0.2, 0) is 21.4 Å². The van der Waals surface area contributed by atoms with E-state index in [1.54, 1.807) is 18.6 Å². The molecule has 2 aliphatic rings. The lowest BCUT2D eigenvalue weighted by molar-refractivity contribution is -0.193. The molecule has 0 spiro atoms. The summed E-state index contributed by atoms with van der Waals surface area (Å²) >= 11 is 6.60. The van der Waals surface area contributed by atoms with E-state index in [1.807, 2.05) is 41.9 Å². The number of hydrogen-bond acceptors (Lipinski definition) is 12. The van der Waals surface area contributed by atoms with E-state index in [4.69, 9.17) is 45.9 Å². The van der Waals surface area contributed by atoms with Crippen molar-refractivity contribution in [3.63, 3.8) is 0 Å². The lowest BCUT2D eigenvalue weighted by atomic mass is 10.1. The van der Waals surface area contributed by atoms with Crippen molar-refractivity contribution in [2.75, 3.05) is 49.6 Å². The second kappa shape index (κ2) is 16.0. The molecule has 3 aromatic heterocycles. The van der Waals surface area contributed by atoms with Gasteiger partial charge in [-0.05, 0) is 30.3 Å². The van der Waals surface area contributed by atoms with Crippen molar-refractivity contribution >= 4 is 63.1 Å². The summed E-state index contributed by atoms with van der Waals surface area (Å²) in [4.78, 5) is 45.1. The standard InChI is InChI=1S/C27H26ClN9O2.2C2HF3O2/c1-35-16-32-21-11-19(3-4-23(21)35)39-24-5-2-17(10-20(24)28)33-26-25-22(30-15-31-26)12-29-27(34-25)37-7-6-36-8-9-38-14-18(36)13-37;2*3-2(4,5)1(6)7/h2-5,10-12,15-16,18H,6-9,13-14H2,1H3,(H,30,31,33);2*(H,6,7)/t18-;;/m0../s1. The number of carbonyl (C=O) groups is 2. The monoisotopic (exact) mass is 771 g/mol. The van der Waals surface area contributed by atoms with Crippen LogP contribution in [-0.4, -0.2) is 114 Å². The number of benzene rings is 2. The number of piperazine rings is 1. The number of nitrogens with one attached hydrogen (secondary N) is 1. The number of carboxylic acids is 2. The Labute approximate surface area is 299 Å². The van der Waals surface area contributed by atoms with Gasteiger partial charge in [-0.3, -0.25) is 4.90 Å². The highest BCUT2D eigenvalue weighted by atomic mass is 35.5. The molecule has 2 saturated heterocycles. The van der Waals surface area contributed by atoms with Gasteiger partial charge >= 0.3 is 24.3 Å². The smallest absolute Gasteiger partial charge is 0.475 e. The highest BCUT2D eigenvalue weighted by Gasteiger charge is 2.39. The lowest BCUT2D eigenvalue weighted by Crippen LogP contribution is -2.58. The van der Waals surface area contributed by atoms with Crippen LogP contribution in [0.5, 0.6) is 11.5 Å². The first-order chi connectivity index (χ1) is 25.0. The number of imidazole rings is 1. The molecule has 5 heterocycles. The van der Waals surface area contributed by atoms with Crippen molar-refractivity contribution < 1.29 is 55.6 Å². The Kier molecular flexibility index (Phi) is 11.7. The number of alkyl halides is 6. The number of rotatable bonds is 5. The van der Waals surface area contributed by atoms with Gasteiger partial charge in [-0.2, -0.15) is 26.3 Å². The molecule has 0 amide bonds. The van der Waals surface area contributed by atoms with Gasteiger partial charge in [0.05, 0.1) is 47.8 Å². The Hall–Kier alpha value is -5.54. The van der Waals surface area contributed by atoms with Crippen molar-refractivity contribution in [2.45, 2.75) is 18.4 Å². The summed E-state index contributed by atoms with van der Waals surface area (Å²) in [5, 5.41) is 18.1. The molecule has 0 saturated carbocycles. The number of fused-ring (bicyclic) bond motifs is 3. The number of aromatic nitrogens is 6. The van der Waals surface area contributed by atoms with Gasteiger partial charge in [0.1, 0.15) is 28.9 Å². The summed E-state index contributed by atoms with van der Waals surface area (Å²) < 4.78 is 77.2. The van der Waals surface area contributed by atoms with Crippen LogP contribution in [0.4, 0.5) is 43.8 Å². The Bertz CT molecular complexity index is 2080. The number of ether oxygens (including phenoxy) is 2. The molecule has 0 radical (unpaired) electrons. The van der Waals surface area contributed by atoms with E-state index in [2.05, 4.69) is 35.1 Å². The summed E-state index contributed by atoms with van der Waals surface area (Å²) in [6.07, 6.45) is -5.15. The first-order valence-corrected chi connectivity index (χ1v) is 15.7. The van der Waals surface area contributed by atoms with Gasteiger partial charge in [-0.1, -0.05) is 11.6 Å². The van der Waals surface area contributed by atoms with Crippen LogP contribution in [0, 0.1) is 0 Å². The molecule has 53 heavy (non-hydrogen) atoms. The summed E-state index contributed by atoms with van der Waals surface area (Å²) in [5.41, 5.74) is 3.94. The fourth-order valence-electron chi connectivity index (χ4n) is 5.12. The minimum absolute atomic E-state index is 0.352. The summed E-state index contributed by atoms with van der Waals surface area (Å²) in [5.74, 6) is -3.07. The minimum atomic E-state index is -5.08. The van der Waals surface area contributed by atoms with E-state index >= 15 is 0 Å². The van der Waals surface area contributed by atoms with Crippen molar-refractivity contribution in [3.8, 4) is 11.5 Å². The van der Waals surface area contributed by atoms with Crippen molar-refractivity contribution in [3.05, 3.63) is 60.3 Å². The molecule has 22 heteroatoms. The lowest BCUT2D eigenvalue weighted by Gasteiger charge is -2.43. The molecule has 282 valence electrons. The second-order valence-corrected chi connectivity index (χ2v) is 11.7. The first-order valence-electron chi connectivity index (χ1n) is 15.3. The van der Waals surface area contributed by atoms with Crippen LogP contribution in [0.15, 0.2) is 55.2 Å². The third-order valence-electron chi connectivity index (χ3n) is 7.69. The number of aryl methyl sites for hydroxylation is 1. The molecule has 2 aliphatic heterocycles. The third kappa shape index (κ3) is 9.87. The molecular formula is C31H28ClF6N9O6. The fraction of sp³-hybridized carbons (Fsp3) is 0.323. The zero-order chi connectivity index (χ0) is 38.5. The number of hydrogen-bond donors (Lipinski definition) is 3. The summed E-state index contributed by atoms with van der Waals surface area (Å²) in [7, 11) is 1.96. The Morgan fingerprint density at radius 1 is 0.943 bits per heavy atom. The van der Waals surface area contributed by atoms with E-state index in [0.717, 1.165) is 56.1 Å². The quantitative estimate of drug-likeness (QED) is 0.196. The van der Waals surface area contributed by atoms with Gasteiger partial charge in [-0.25, -0.2) is 34.5 Å². The molecule has 0 bridgehead atoms. The van der Waals surface area contributed by atoms with Crippen LogP contribution in [0.2, 0.25) is 5.02 Å². The summed E-state index contributed by atoms with van der Waals surface area (Å²) in [6.45, 7) is 5.17. The molecule has 0 unspecified atom stereocenters. The van der Waals surface area contributed by atoms with E-state index in [-0.39, 0.29) is 0 Å². The average molecular weight is 772 g/mol. The Balaban J connectivity index is 0.000000330. The van der Waals surface area contributed by atoms with E-state index in [9.17, 15) is 26.3 Å².